The first-order valence-electron chi connectivity index (χ1n) is 5.65. The lowest BCUT2D eigenvalue weighted by Crippen LogP contribution is -2.05. The van der Waals surface area contributed by atoms with Gasteiger partial charge in [0.25, 0.3) is 0 Å². The molecule has 0 aromatic heterocycles. The minimum absolute atomic E-state index is 0.152. The van der Waals surface area contributed by atoms with E-state index in [0.717, 1.165) is 12.1 Å². The lowest BCUT2D eigenvalue weighted by molar-refractivity contribution is -0.0499. The molecule has 0 spiro atoms. The molecule has 2 rings (SSSR count). The molecular formula is C14H10F4O2. The van der Waals surface area contributed by atoms with Crippen LogP contribution in [0.25, 0.3) is 0 Å². The van der Waals surface area contributed by atoms with Crippen LogP contribution >= 0.6 is 0 Å². The van der Waals surface area contributed by atoms with Crippen LogP contribution in [0.15, 0.2) is 42.5 Å². The highest BCUT2D eigenvalue weighted by atomic mass is 19.3. The zero-order chi connectivity index (χ0) is 14.7. The second-order valence-corrected chi connectivity index (χ2v) is 4.02. The number of aliphatic hydroxyl groups is 1. The fourth-order valence-electron chi connectivity index (χ4n) is 1.76. The van der Waals surface area contributed by atoms with Crippen molar-refractivity contribution in [1.29, 1.82) is 0 Å². The van der Waals surface area contributed by atoms with E-state index in [1.807, 2.05) is 0 Å². The van der Waals surface area contributed by atoms with E-state index in [9.17, 15) is 22.7 Å². The summed E-state index contributed by atoms with van der Waals surface area (Å²) in [6, 6.07) is 7.99. The van der Waals surface area contributed by atoms with Crippen molar-refractivity contribution in [3.63, 3.8) is 0 Å². The molecule has 0 fully saturated rings. The van der Waals surface area contributed by atoms with E-state index in [1.54, 1.807) is 0 Å². The van der Waals surface area contributed by atoms with E-state index >= 15 is 0 Å². The van der Waals surface area contributed by atoms with Crippen LogP contribution in [0, 0.1) is 11.6 Å². The fraction of sp³-hybridized carbons (Fsp3) is 0.143. The molecule has 20 heavy (non-hydrogen) atoms. The third-order valence-corrected chi connectivity index (χ3v) is 2.66. The largest absolute Gasteiger partial charge is 0.435 e. The molecule has 1 N–H and O–H groups in total. The Morgan fingerprint density at radius 2 is 1.75 bits per heavy atom. The molecule has 2 aromatic carbocycles. The third kappa shape index (κ3) is 3.27. The molecule has 0 amide bonds. The second kappa shape index (κ2) is 5.92. The molecule has 2 aromatic rings. The van der Waals surface area contributed by atoms with Crippen molar-refractivity contribution in [2.75, 3.05) is 0 Å². The Morgan fingerprint density at radius 3 is 2.40 bits per heavy atom. The zero-order valence-corrected chi connectivity index (χ0v) is 10.1. The van der Waals surface area contributed by atoms with Crippen LogP contribution in [0.4, 0.5) is 17.6 Å². The molecule has 1 atom stereocenters. The van der Waals surface area contributed by atoms with Gasteiger partial charge in [0, 0.05) is 11.6 Å². The van der Waals surface area contributed by atoms with Crippen molar-refractivity contribution in [2.24, 2.45) is 0 Å². The van der Waals surface area contributed by atoms with Gasteiger partial charge in [0.1, 0.15) is 23.5 Å². The van der Waals surface area contributed by atoms with Gasteiger partial charge in [-0.15, -0.1) is 0 Å². The van der Waals surface area contributed by atoms with Gasteiger partial charge >= 0.3 is 6.61 Å². The summed E-state index contributed by atoms with van der Waals surface area (Å²) in [6.45, 7) is -3.00. The van der Waals surface area contributed by atoms with Crippen LogP contribution in [0.3, 0.4) is 0 Å². The summed E-state index contributed by atoms with van der Waals surface area (Å²) >= 11 is 0. The summed E-state index contributed by atoms with van der Waals surface area (Å²) in [4.78, 5) is 0. The van der Waals surface area contributed by atoms with Crippen LogP contribution in [0.2, 0.25) is 0 Å². The van der Waals surface area contributed by atoms with Gasteiger partial charge < -0.3 is 9.84 Å². The summed E-state index contributed by atoms with van der Waals surface area (Å²) in [5.74, 6) is -1.84. The standard InChI is InChI=1S/C14H10F4O2/c15-9-4-5-11(12(16)7-9)13(19)8-2-1-3-10(6-8)20-14(17)18/h1-7,13-14,19H. The topological polar surface area (TPSA) is 29.5 Å². The molecule has 0 bridgehead atoms. The Morgan fingerprint density at radius 1 is 1.00 bits per heavy atom. The molecule has 106 valence electrons. The van der Waals surface area contributed by atoms with Crippen LogP contribution in [0.1, 0.15) is 17.2 Å². The van der Waals surface area contributed by atoms with Gasteiger partial charge in [-0.05, 0) is 23.8 Å². The Labute approximate surface area is 112 Å². The Kier molecular flexibility index (Phi) is 4.24. The molecule has 2 nitrogen and oxygen atoms in total. The van der Waals surface area contributed by atoms with Crippen molar-refractivity contribution < 1.29 is 27.4 Å². The number of aliphatic hydroxyl groups excluding tert-OH is 1. The smallest absolute Gasteiger partial charge is 0.387 e. The first-order valence-corrected chi connectivity index (χ1v) is 5.65. The maximum atomic E-state index is 13.5. The number of hydrogen-bond donors (Lipinski definition) is 1. The average Bonchev–Trinajstić information content (AvgIpc) is 2.37. The Bertz CT molecular complexity index is 601. The summed E-state index contributed by atoms with van der Waals surface area (Å²) in [7, 11) is 0. The highest BCUT2D eigenvalue weighted by Gasteiger charge is 2.16. The quantitative estimate of drug-likeness (QED) is 0.869. The van der Waals surface area contributed by atoms with E-state index in [0.29, 0.717) is 6.07 Å². The number of halogens is 4. The maximum Gasteiger partial charge on any atom is 0.387 e. The van der Waals surface area contributed by atoms with Crippen LogP contribution in [-0.4, -0.2) is 11.7 Å². The minimum atomic E-state index is -3.00. The predicted molar refractivity (Wildman–Crippen MR) is 63.5 cm³/mol. The molecule has 0 radical (unpaired) electrons. The Hall–Kier alpha value is -2.08. The predicted octanol–water partition coefficient (Wildman–Crippen LogP) is 3.65. The lowest BCUT2D eigenvalue weighted by Gasteiger charge is -2.14. The van der Waals surface area contributed by atoms with Gasteiger partial charge in [-0.1, -0.05) is 18.2 Å². The van der Waals surface area contributed by atoms with E-state index in [-0.39, 0.29) is 16.9 Å². The highest BCUT2D eigenvalue weighted by molar-refractivity contribution is 5.36. The fourth-order valence-corrected chi connectivity index (χ4v) is 1.76. The first-order chi connectivity index (χ1) is 9.47. The van der Waals surface area contributed by atoms with Gasteiger partial charge in [-0.2, -0.15) is 8.78 Å². The minimum Gasteiger partial charge on any atom is -0.435 e. The van der Waals surface area contributed by atoms with Crippen molar-refractivity contribution in [2.45, 2.75) is 12.7 Å². The summed E-state index contributed by atoms with van der Waals surface area (Å²) in [5, 5.41) is 10.0. The third-order valence-electron chi connectivity index (χ3n) is 2.66. The van der Waals surface area contributed by atoms with Gasteiger partial charge in [-0.25, -0.2) is 8.78 Å². The molecule has 0 saturated heterocycles. The van der Waals surface area contributed by atoms with Crippen LogP contribution in [-0.2, 0) is 0 Å². The highest BCUT2D eigenvalue weighted by Crippen LogP contribution is 2.27. The summed E-state index contributed by atoms with van der Waals surface area (Å²) in [5.41, 5.74) is 0.00857. The Balaban J connectivity index is 2.30. The van der Waals surface area contributed by atoms with Gasteiger partial charge in [-0.3, -0.25) is 0 Å². The van der Waals surface area contributed by atoms with E-state index in [4.69, 9.17) is 0 Å². The van der Waals surface area contributed by atoms with Crippen molar-refractivity contribution in [1.82, 2.24) is 0 Å². The monoisotopic (exact) mass is 286 g/mol. The second-order valence-electron chi connectivity index (χ2n) is 4.02. The lowest BCUT2D eigenvalue weighted by atomic mass is 10.0. The molecule has 1 unspecified atom stereocenters. The zero-order valence-electron chi connectivity index (χ0n) is 10.1. The van der Waals surface area contributed by atoms with Crippen molar-refractivity contribution in [3.8, 4) is 5.75 Å². The molecule has 6 heteroatoms. The van der Waals surface area contributed by atoms with Crippen molar-refractivity contribution in [3.05, 3.63) is 65.2 Å². The van der Waals surface area contributed by atoms with E-state index < -0.39 is 24.3 Å². The molecule has 0 saturated carbocycles. The SMILES string of the molecule is OC(c1cccc(OC(F)F)c1)c1ccc(F)cc1F. The van der Waals surface area contributed by atoms with E-state index in [1.165, 1.54) is 24.3 Å². The van der Waals surface area contributed by atoms with Gasteiger partial charge in [0.05, 0.1) is 0 Å². The average molecular weight is 286 g/mol. The number of ether oxygens (including phenoxy) is 1. The number of alkyl halides is 2. The molecular weight excluding hydrogens is 276 g/mol. The molecule has 0 heterocycles. The first kappa shape index (κ1) is 14.3. The number of rotatable bonds is 4. The van der Waals surface area contributed by atoms with Crippen molar-refractivity contribution >= 4 is 0 Å². The number of benzene rings is 2. The van der Waals surface area contributed by atoms with E-state index in [2.05, 4.69) is 4.74 Å². The molecule has 0 aliphatic rings. The van der Waals surface area contributed by atoms with Crippen LogP contribution in [0.5, 0.6) is 5.75 Å². The molecule has 0 aliphatic carbocycles. The molecule has 0 aliphatic heterocycles. The van der Waals surface area contributed by atoms with Gasteiger partial charge in [0.2, 0.25) is 0 Å². The summed E-state index contributed by atoms with van der Waals surface area (Å²) in [6.07, 6.45) is -1.41. The number of hydrogen-bond acceptors (Lipinski definition) is 2. The maximum absolute atomic E-state index is 13.5. The van der Waals surface area contributed by atoms with Crippen LogP contribution < -0.4 is 4.74 Å². The summed E-state index contributed by atoms with van der Waals surface area (Å²) < 4.78 is 54.7. The van der Waals surface area contributed by atoms with Gasteiger partial charge in [0.15, 0.2) is 0 Å². The normalized spacial score (nSPS) is 12.5.